The van der Waals surface area contributed by atoms with Crippen LogP contribution in [0.25, 0.3) is 16.1 Å². The van der Waals surface area contributed by atoms with Crippen LogP contribution in [0.3, 0.4) is 0 Å². The molecule has 1 fully saturated rings. The van der Waals surface area contributed by atoms with E-state index >= 15 is 0 Å². The number of aromatic nitrogens is 2. The molecular formula is C25H35N3O5S. The van der Waals surface area contributed by atoms with Gasteiger partial charge in [0.05, 0.1) is 50.9 Å². The van der Waals surface area contributed by atoms with E-state index in [1.54, 1.807) is 39.8 Å². The summed E-state index contributed by atoms with van der Waals surface area (Å²) in [6.45, 7) is 3.33. The fourth-order valence-corrected chi connectivity index (χ4v) is 5.85. The molecule has 9 heteroatoms. The number of aryl methyl sites for hydroxylation is 2. The number of nitrogens with zero attached hydrogens (tertiary/aromatic N) is 2. The van der Waals surface area contributed by atoms with Gasteiger partial charge in [0.15, 0.2) is 0 Å². The highest BCUT2D eigenvalue weighted by molar-refractivity contribution is 7.18. The van der Waals surface area contributed by atoms with E-state index in [0.29, 0.717) is 12.5 Å². The molecule has 0 radical (unpaired) electrons. The van der Waals surface area contributed by atoms with Crippen LogP contribution in [0.1, 0.15) is 41.7 Å². The maximum absolute atomic E-state index is 6.12. The third-order valence-corrected chi connectivity index (χ3v) is 7.47. The normalized spacial score (nSPS) is 18.4. The highest BCUT2D eigenvalue weighted by Gasteiger charge is 2.26. The molecule has 8 nitrogen and oxygen atoms in total. The first-order chi connectivity index (χ1) is 16.5. The number of rotatable bonds is 10. The van der Waals surface area contributed by atoms with Crippen LogP contribution >= 0.6 is 11.3 Å². The average molecular weight is 490 g/mol. The molecule has 1 saturated heterocycles. The smallest absolute Gasteiger partial charge is 0.237 e. The van der Waals surface area contributed by atoms with Gasteiger partial charge in [0.1, 0.15) is 16.3 Å². The minimum absolute atomic E-state index is 0.237. The fraction of sp³-hybridized carbons (Fsp3) is 0.560. The maximum Gasteiger partial charge on any atom is 0.237 e. The van der Waals surface area contributed by atoms with Gasteiger partial charge in [0, 0.05) is 24.6 Å². The lowest BCUT2D eigenvalue weighted by Crippen LogP contribution is -2.34. The Labute approximate surface area is 204 Å². The van der Waals surface area contributed by atoms with E-state index in [9.17, 15) is 0 Å². The second-order valence-electron chi connectivity index (χ2n) is 8.69. The molecule has 2 atom stereocenters. The summed E-state index contributed by atoms with van der Waals surface area (Å²) in [5.41, 5.74) is 10.0. The lowest BCUT2D eigenvalue weighted by molar-refractivity contribution is 0.00233. The highest BCUT2D eigenvalue weighted by Crippen LogP contribution is 2.45. The zero-order chi connectivity index (χ0) is 24.2. The van der Waals surface area contributed by atoms with Crippen LogP contribution in [0.15, 0.2) is 12.1 Å². The Hall–Kier alpha value is -2.33. The molecule has 34 heavy (non-hydrogen) atoms. The van der Waals surface area contributed by atoms with Gasteiger partial charge in [-0.2, -0.15) is 0 Å². The number of hydrogen-bond donors (Lipinski definition) is 1. The number of benzene rings is 1. The van der Waals surface area contributed by atoms with Crippen molar-refractivity contribution in [1.82, 2.24) is 9.61 Å². The van der Waals surface area contributed by atoms with E-state index in [-0.39, 0.29) is 12.1 Å². The Morgan fingerprint density at radius 1 is 1.15 bits per heavy atom. The van der Waals surface area contributed by atoms with Gasteiger partial charge in [-0.25, -0.2) is 4.52 Å². The van der Waals surface area contributed by atoms with E-state index in [1.165, 1.54) is 0 Å². The van der Waals surface area contributed by atoms with Crippen molar-refractivity contribution in [3.63, 3.8) is 0 Å². The van der Waals surface area contributed by atoms with Gasteiger partial charge in [0.25, 0.3) is 0 Å². The van der Waals surface area contributed by atoms with Gasteiger partial charge in [0.2, 0.25) is 5.88 Å². The maximum atomic E-state index is 6.12. The van der Waals surface area contributed by atoms with Crippen LogP contribution < -0.4 is 19.9 Å². The molecule has 1 aliphatic heterocycles. The topological polar surface area (TPSA) is 89.5 Å². The van der Waals surface area contributed by atoms with Crippen molar-refractivity contribution in [3.05, 3.63) is 28.1 Å². The highest BCUT2D eigenvalue weighted by atomic mass is 32.1. The molecule has 0 spiro atoms. The van der Waals surface area contributed by atoms with Crippen molar-refractivity contribution in [2.75, 3.05) is 35.0 Å². The predicted molar refractivity (Wildman–Crippen MR) is 133 cm³/mol. The summed E-state index contributed by atoms with van der Waals surface area (Å²) in [6.07, 6.45) is 4.95. The third kappa shape index (κ3) is 4.88. The summed E-state index contributed by atoms with van der Waals surface area (Å²) in [5.74, 6) is 2.09. The van der Waals surface area contributed by atoms with Gasteiger partial charge in [-0.15, -0.1) is 16.4 Å². The van der Waals surface area contributed by atoms with Crippen LogP contribution in [0.5, 0.6) is 17.4 Å². The molecule has 3 heterocycles. The minimum atomic E-state index is 0.237. The zero-order valence-electron chi connectivity index (χ0n) is 20.7. The van der Waals surface area contributed by atoms with Crippen LogP contribution in [0.4, 0.5) is 0 Å². The summed E-state index contributed by atoms with van der Waals surface area (Å²) in [4.78, 5) is 2.21. The minimum Gasteiger partial charge on any atom is -0.496 e. The second kappa shape index (κ2) is 10.9. The van der Waals surface area contributed by atoms with Gasteiger partial charge in [-0.3, -0.25) is 0 Å². The first-order valence-electron chi connectivity index (χ1n) is 11.7. The van der Waals surface area contributed by atoms with Crippen molar-refractivity contribution < 1.29 is 23.7 Å². The quantitative estimate of drug-likeness (QED) is 0.452. The molecule has 0 amide bonds. The monoisotopic (exact) mass is 489 g/mol. The molecule has 1 aromatic carbocycles. The summed E-state index contributed by atoms with van der Waals surface area (Å²) >= 11 is 1.71. The van der Waals surface area contributed by atoms with Crippen molar-refractivity contribution in [3.8, 4) is 28.6 Å². The van der Waals surface area contributed by atoms with E-state index in [4.69, 9.17) is 34.5 Å². The molecule has 186 valence electrons. The largest absolute Gasteiger partial charge is 0.496 e. The summed E-state index contributed by atoms with van der Waals surface area (Å²) < 4.78 is 30.4. The van der Waals surface area contributed by atoms with Crippen LogP contribution in [-0.4, -0.2) is 56.8 Å². The standard InChI is InChI=1S/C25H35N3O5S/c1-15-23(22-20(30-3)11-16(14-29-2)12-21(22)31-4)28-25(34-15)19(24(27-28)32-5)8-6-7-18-13-17(26)9-10-33-18/h11-12,17-18H,6-10,13-14,26H2,1-5H3. The summed E-state index contributed by atoms with van der Waals surface area (Å²) in [7, 11) is 6.68. The number of methoxy groups -OCH3 is 4. The number of fused-ring (bicyclic) bond motifs is 1. The predicted octanol–water partition coefficient (Wildman–Crippen LogP) is 4.37. The van der Waals surface area contributed by atoms with Crippen molar-refractivity contribution in [2.24, 2.45) is 5.73 Å². The van der Waals surface area contributed by atoms with Crippen LogP contribution in [0.2, 0.25) is 0 Å². The first kappa shape index (κ1) is 24.8. The lowest BCUT2D eigenvalue weighted by atomic mass is 9.99. The number of nitrogens with two attached hydrogens (primary N) is 1. The summed E-state index contributed by atoms with van der Waals surface area (Å²) in [5, 5.41) is 4.83. The van der Waals surface area contributed by atoms with E-state index in [1.807, 2.05) is 16.6 Å². The summed E-state index contributed by atoms with van der Waals surface area (Å²) in [6, 6.07) is 4.22. The van der Waals surface area contributed by atoms with Crippen LogP contribution in [0, 0.1) is 6.92 Å². The molecule has 2 unspecified atom stereocenters. The Bertz CT molecular complexity index is 1100. The molecule has 2 aromatic heterocycles. The third-order valence-electron chi connectivity index (χ3n) is 6.36. The van der Waals surface area contributed by atoms with Gasteiger partial charge in [-0.1, -0.05) is 0 Å². The zero-order valence-corrected chi connectivity index (χ0v) is 21.5. The molecule has 0 bridgehead atoms. The van der Waals surface area contributed by atoms with E-state index < -0.39 is 0 Å². The SMILES string of the molecule is COCc1cc(OC)c(-c2c(C)sc3c(CCCC4CC(N)CCO4)c(OC)nn23)c(OC)c1. The van der Waals surface area contributed by atoms with E-state index in [2.05, 4.69) is 6.92 Å². The molecule has 4 rings (SSSR count). The molecular weight excluding hydrogens is 454 g/mol. The van der Waals surface area contributed by atoms with Gasteiger partial charge in [-0.05, 0) is 56.7 Å². The fourth-order valence-electron chi connectivity index (χ4n) is 4.74. The number of hydrogen-bond acceptors (Lipinski definition) is 8. The van der Waals surface area contributed by atoms with Crippen LogP contribution in [-0.2, 0) is 22.5 Å². The molecule has 0 aliphatic carbocycles. The van der Waals surface area contributed by atoms with Crippen molar-refractivity contribution >= 4 is 16.2 Å². The average Bonchev–Trinajstić information content (AvgIpc) is 3.33. The van der Waals surface area contributed by atoms with Gasteiger partial charge < -0.3 is 29.4 Å². The molecule has 2 N–H and O–H groups in total. The van der Waals surface area contributed by atoms with Crippen molar-refractivity contribution in [2.45, 2.75) is 57.8 Å². The second-order valence-corrected chi connectivity index (χ2v) is 9.89. The molecule has 1 aliphatic rings. The lowest BCUT2D eigenvalue weighted by Gasteiger charge is -2.27. The van der Waals surface area contributed by atoms with Crippen molar-refractivity contribution in [1.29, 1.82) is 0 Å². The molecule has 3 aromatic rings. The van der Waals surface area contributed by atoms with E-state index in [0.717, 1.165) is 82.3 Å². The Morgan fingerprint density at radius 3 is 2.50 bits per heavy atom. The number of thiazole rings is 1. The Kier molecular flexibility index (Phi) is 7.98. The Balaban J connectivity index is 1.69. The molecule has 0 saturated carbocycles. The Morgan fingerprint density at radius 2 is 1.88 bits per heavy atom. The van der Waals surface area contributed by atoms with Gasteiger partial charge >= 0.3 is 0 Å². The number of ether oxygens (including phenoxy) is 5. The first-order valence-corrected chi connectivity index (χ1v) is 12.5.